The van der Waals surface area contributed by atoms with Crippen LogP contribution in [0.4, 0.5) is 0 Å². The number of hydrogen-bond acceptors (Lipinski definition) is 15. The molecule has 240 valence electrons. The second kappa shape index (κ2) is 10.9. The molecule has 0 saturated carbocycles. The van der Waals surface area contributed by atoms with Gasteiger partial charge in [-0.1, -0.05) is 0 Å². The first kappa shape index (κ1) is 30.6. The van der Waals surface area contributed by atoms with Crippen LogP contribution in [0.15, 0.2) is 79.1 Å². The van der Waals surface area contributed by atoms with E-state index in [0.717, 1.165) is 55.2 Å². The van der Waals surface area contributed by atoms with E-state index in [1.54, 1.807) is 0 Å². The molecule has 0 bridgehead atoms. The Hall–Kier alpha value is -6.47. The zero-order chi connectivity index (χ0) is 33.9. The quantitative estimate of drug-likeness (QED) is 0.107. The second-order valence-corrected chi connectivity index (χ2v) is 12.1. The van der Waals surface area contributed by atoms with Crippen LogP contribution in [-0.4, -0.2) is 47.5 Å². The molecule has 47 heavy (non-hydrogen) atoms. The molecule has 6 rings (SSSR count). The van der Waals surface area contributed by atoms with E-state index in [-0.39, 0.29) is 44.6 Å². The van der Waals surface area contributed by atoms with E-state index in [1.807, 2.05) is 0 Å². The Kier molecular flexibility index (Phi) is 7.06. The van der Waals surface area contributed by atoms with Crippen molar-refractivity contribution in [3.8, 4) is 80.1 Å². The highest BCUT2D eigenvalue weighted by Crippen LogP contribution is 2.50. The summed E-state index contributed by atoms with van der Waals surface area (Å²) in [6, 6.07) is 10.6. The van der Waals surface area contributed by atoms with Crippen molar-refractivity contribution in [3.05, 3.63) is 81.1 Å². The summed E-state index contributed by atoms with van der Waals surface area (Å²) in [4.78, 5) is 25.3. The van der Waals surface area contributed by atoms with Crippen molar-refractivity contribution in [1.29, 1.82) is 0 Å². The standard InChI is InChI=1S/C31H21O15P/c1-47(42,45-20-4-2-12(6-16(20)34)30-28(40)26(38)24-18(36)8-14(32)10-22(24)43-30)46-21-5-3-13(7-17(21)35)31-29(41)27(39)25-19(37)9-15(33)11-23(25)44-31/h2-11,32-37,40-41H,1H3. The SMILES string of the molecule is CP(=O)(Oc1ccc(-c2oc3cc(O)cc(O)c3c(=O)c2O)cc1O)Oc1ccc(-c2oc3cc(O)cc(O)c3c(=O)c2O)cc1O. The molecule has 8 N–H and O–H groups in total. The predicted octanol–water partition coefficient (Wildman–Crippen LogP) is 5.16. The van der Waals surface area contributed by atoms with E-state index in [9.17, 15) is 55.0 Å². The highest BCUT2D eigenvalue weighted by molar-refractivity contribution is 7.53. The number of fused-ring (bicyclic) bond motifs is 2. The van der Waals surface area contributed by atoms with Crippen LogP contribution in [-0.2, 0) is 4.57 Å². The number of aromatic hydroxyl groups is 8. The second-order valence-electron chi connectivity index (χ2n) is 10.2. The van der Waals surface area contributed by atoms with Gasteiger partial charge in [0.2, 0.25) is 22.4 Å². The molecule has 0 spiro atoms. The monoisotopic (exact) mass is 664 g/mol. The lowest BCUT2D eigenvalue weighted by Gasteiger charge is -2.18. The summed E-state index contributed by atoms with van der Waals surface area (Å²) in [6.45, 7) is 1.02. The third kappa shape index (κ3) is 5.40. The fourth-order valence-corrected chi connectivity index (χ4v) is 5.85. The number of rotatable bonds is 6. The van der Waals surface area contributed by atoms with Gasteiger partial charge in [0.25, 0.3) is 0 Å². The number of benzene rings is 4. The Morgan fingerprint density at radius 1 is 0.553 bits per heavy atom. The molecule has 0 aliphatic carbocycles. The predicted molar refractivity (Wildman–Crippen MR) is 164 cm³/mol. The van der Waals surface area contributed by atoms with Gasteiger partial charge in [0.15, 0.2) is 34.5 Å². The van der Waals surface area contributed by atoms with Crippen molar-refractivity contribution >= 4 is 29.5 Å². The summed E-state index contributed by atoms with van der Waals surface area (Å²) in [7, 11) is -4.16. The van der Waals surface area contributed by atoms with Gasteiger partial charge in [-0.15, -0.1) is 0 Å². The van der Waals surface area contributed by atoms with Crippen molar-refractivity contribution in [2.45, 2.75) is 0 Å². The minimum absolute atomic E-state index is 0.0386. The van der Waals surface area contributed by atoms with Gasteiger partial charge in [0.1, 0.15) is 44.9 Å². The third-order valence-electron chi connectivity index (χ3n) is 6.84. The van der Waals surface area contributed by atoms with Crippen molar-refractivity contribution in [2.24, 2.45) is 0 Å². The van der Waals surface area contributed by atoms with Gasteiger partial charge in [-0.3, -0.25) is 9.59 Å². The molecule has 15 nitrogen and oxygen atoms in total. The fourth-order valence-electron chi connectivity index (χ4n) is 4.79. The van der Waals surface area contributed by atoms with Gasteiger partial charge in [-0.25, -0.2) is 4.57 Å². The van der Waals surface area contributed by atoms with Gasteiger partial charge < -0.3 is 58.7 Å². The molecule has 0 unspecified atom stereocenters. The van der Waals surface area contributed by atoms with Crippen LogP contribution in [0, 0.1) is 0 Å². The first-order valence-corrected chi connectivity index (χ1v) is 15.2. The maximum absolute atomic E-state index is 13.2. The molecule has 2 aromatic heterocycles. The normalized spacial score (nSPS) is 11.6. The summed E-state index contributed by atoms with van der Waals surface area (Å²) in [5.41, 5.74) is -2.60. The molecule has 0 amide bonds. The average molecular weight is 664 g/mol. The Morgan fingerprint density at radius 3 is 1.30 bits per heavy atom. The lowest BCUT2D eigenvalue weighted by atomic mass is 10.1. The molecule has 4 aromatic carbocycles. The molecule has 0 atom stereocenters. The van der Waals surface area contributed by atoms with Gasteiger partial charge in [-0.05, 0) is 36.4 Å². The van der Waals surface area contributed by atoms with E-state index in [0.29, 0.717) is 0 Å². The molecule has 0 aliphatic rings. The van der Waals surface area contributed by atoms with Crippen LogP contribution in [0.25, 0.3) is 44.6 Å². The lowest BCUT2D eigenvalue weighted by Crippen LogP contribution is -2.03. The van der Waals surface area contributed by atoms with E-state index in [1.165, 1.54) is 12.1 Å². The Labute approximate surface area is 260 Å². The first-order chi connectivity index (χ1) is 22.1. The summed E-state index contributed by atoms with van der Waals surface area (Å²) in [5.74, 6) is -6.72. The Bertz CT molecular complexity index is 2280. The fraction of sp³-hybridized carbons (Fsp3) is 0.0323. The maximum atomic E-state index is 13.2. The van der Waals surface area contributed by atoms with Crippen molar-refractivity contribution < 1.29 is 63.3 Å². The van der Waals surface area contributed by atoms with Crippen LogP contribution >= 0.6 is 7.60 Å². The lowest BCUT2D eigenvalue weighted by molar-refractivity contribution is 0.364. The number of phenolic OH excluding ortho intramolecular Hbond substituents is 6. The van der Waals surface area contributed by atoms with Gasteiger partial charge in [0, 0.05) is 35.4 Å². The summed E-state index contributed by atoms with van der Waals surface area (Å²) >= 11 is 0. The van der Waals surface area contributed by atoms with E-state index in [4.69, 9.17) is 17.9 Å². The minimum atomic E-state index is -4.16. The molecule has 0 fully saturated rings. The van der Waals surface area contributed by atoms with E-state index >= 15 is 0 Å². The van der Waals surface area contributed by atoms with Gasteiger partial charge in [-0.2, -0.15) is 0 Å². The van der Waals surface area contributed by atoms with E-state index < -0.39 is 76.0 Å². The number of phenols is 6. The van der Waals surface area contributed by atoms with Crippen molar-refractivity contribution in [2.75, 3.05) is 6.66 Å². The smallest absolute Gasteiger partial charge is 0.427 e. The van der Waals surface area contributed by atoms with Crippen molar-refractivity contribution in [1.82, 2.24) is 0 Å². The topological polar surface area (TPSA) is 258 Å². The molecular weight excluding hydrogens is 643 g/mol. The number of hydrogen-bond donors (Lipinski definition) is 8. The summed E-state index contributed by atoms with van der Waals surface area (Å²) < 4.78 is 35.0. The Morgan fingerprint density at radius 2 is 0.936 bits per heavy atom. The van der Waals surface area contributed by atoms with Crippen LogP contribution in [0.2, 0.25) is 0 Å². The Balaban J connectivity index is 1.26. The largest absolute Gasteiger partial charge is 0.508 e. The van der Waals surface area contributed by atoms with Gasteiger partial charge in [0.05, 0.1) is 6.66 Å². The molecule has 2 heterocycles. The van der Waals surface area contributed by atoms with Crippen LogP contribution in [0.3, 0.4) is 0 Å². The third-order valence-corrected chi connectivity index (χ3v) is 7.90. The van der Waals surface area contributed by atoms with Crippen LogP contribution in [0.5, 0.6) is 57.5 Å². The maximum Gasteiger partial charge on any atom is 0.427 e. The van der Waals surface area contributed by atoms with Crippen LogP contribution < -0.4 is 19.9 Å². The average Bonchev–Trinajstić information content (AvgIpc) is 2.98. The zero-order valence-electron chi connectivity index (χ0n) is 23.7. The molecule has 0 aliphatic heterocycles. The van der Waals surface area contributed by atoms with Gasteiger partial charge >= 0.3 is 7.60 Å². The zero-order valence-corrected chi connectivity index (χ0v) is 24.6. The van der Waals surface area contributed by atoms with E-state index in [2.05, 4.69) is 0 Å². The first-order valence-electron chi connectivity index (χ1n) is 13.2. The summed E-state index contributed by atoms with van der Waals surface area (Å²) in [6.07, 6.45) is 0. The van der Waals surface area contributed by atoms with Crippen LogP contribution in [0.1, 0.15) is 0 Å². The molecule has 6 aromatic rings. The van der Waals surface area contributed by atoms with Crippen molar-refractivity contribution in [3.63, 3.8) is 0 Å². The minimum Gasteiger partial charge on any atom is -0.508 e. The molecule has 0 saturated heterocycles. The highest BCUT2D eigenvalue weighted by Gasteiger charge is 2.26. The molecule has 16 heteroatoms. The molecule has 0 radical (unpaired) electrons. The highest BCUT2D eigenvalue weighted by atomic mass is 31.2. The summed E-state index contributed by atoms with van der Waals surface area (Å²) in [5, 5.41) is 80.8. The molecular formula is C31H21O15P.